The van der Waals surface area contributed by atoms with Crippen LogP contribution in [-0.4, -0.2) is 30.7 Å². The van der Waals surface area contributed by atoms with Crippen molar-refractivity contribution in [2.45, 2.75) is 54.5 Å². The molecule has 1 aromatic carbocycles. The summed E-state index contributed by atoms with van der Waals surface area (Å²) in [7, 11) is 0. The van der Waals surface area contributed by atoms with Crippen molar-refractivity contribution in [3.63, 3.8) is 0 Å². The second kappa shape index (κ2) is 14.6. The number of carbonyl (C=O) groups excluding carboxylic acids is 1. The number of hydrogen-bond donors (Lipinski definition) is 3. The Kier molecular flexibility index (Phi) is 13.4. The zero-order valence-corrected chi connectivity index (χ0v) is 19.1. The average Bonchev–Trinajstić information content (AvgIpc) is 2.71. The zero-order chi connectivity index (χ0) is 22.3. The maximum atomic E-state index is 11.9. The molecule has 0 bridgehead atoms. The van der Waals surface area contributed by atoms with Gasteiger partial charge in [0, 0.05) is 19.1 Å². The lowest BCUT2D eigenvalue weighted by Crippen LogP contribution is -2.37. The minimum atomic E-state index is -0.789. The molecule has 1 atom stereocenters. The van der Waals surface area contributed by atoms with Crippen LogP contribution in [0, 0.1) is 24.2 Å². The molecule has 0 radical (unpaired) electrons. The lowest BCUT2D eigenvalue weighted by molar-refractivity contribution is -0.126. The molecule has 0 spiro atoms. The minimum absolute atomic E-state index is 0.0737. The second-order valence-corrected chi connectivity index (χ2v) is 6.98. The van der Waals surface area contributed by atoms with Crippen LogP contribution < -0.4 is 10.6 Å². The van der Waals surface area contributed by atoms with Crippen molar-refractivity contribution in [1.29, 1.82) is 0 Å². The fourth-order valence-electron chi connectivity index (χ4n) is 2.62. The van der Waals surface area contributed by atoms with Gasteiger partial charge in [0.2, 0.25) is 5.91 Å². The third-order valence-electron chi connectivity index (χ3n) is 4.25. The molecular weight excluding hydrogens is 360 g/mol. The van der Waals surface area contributed by atoms with Crippen LogP contribution in [0.25, 0.3) is 6.08 Å². The van der Waals surface area contributed by atoms with Crippen molar-refractivity contribution >= 4 is 12.0 Å². The van der Waals surface area contributed by atoms with Gasteiger partial charge in [0.25, 0.3) is 0 Å². The Bertz CT molecular complexity index is 737. The number of aryl methyl sites for hydroxylation is 1. The van der Waals surface area contributed by atoms with E-state index in [4.69, 9.17) is 5.11 Å². The average molecular weight is 399 g/mol. The van der Waals surface area contributed by atoms with Crippen molar-refractivity contribution in [2.24, 2.45) is 5.41 Å². The highest BCUT2D eigenvalue weighted by atomic mass is 16.3. The molecule has 1 rings (SSSR count). The van der Waals surface area contributed by atoms with Gasteiger partial charge in [-0.05, 0) is 57.4 Å². The molecule has 0 aliphatic rings. The van der Waals surface area contributed by atoms with Crippen molar-refractivity contribution in [1.82, 2.24) is 10.6 Å². The number of aliphatic hydroxyl groups is 1. The Hall–Kier alpha value is -2.35. The van der Waals surface area contributed by atoms with Crippen LogP contribution in [0.3, 0.4) is 0 Å². The van der Waals surface area contributed by atoms with E-state index in [1.807, 2.05) is 26.8 Å². The predicted molar refractivity (Wildman–Crippen MR) is 124 cm³/mol. The lowest BCUT2D eigenvalue weighted by Gasteiger charge is -2.17. The van der Waals surface area contributed by atoms with E-state index in [0.29, 0.717) is 6.54 Å². The Balaban J connectivity index is 0.00000379. The topological polar surface area (TPSA) is 61.4 Å². The number of allylic oxidation sites excluding steroid dienone is 2. The van der Waals surface area contributed by atoms with Gasteiger partial charge in [-0.25, -0.2) is 0 Å². The molecule has 0 aliphatic heterocycles. The number of rotatable bonds is 8. The van der Waals surface area contributed by atoms with Crippen LogP contribution in [-0.2, 0) is 4.79 Å². The summed E-state index contributed by atoms with van der Waals surface area (Å²) >= 11 is 0. The van der Waals surface area contributed by atoms with E-state index in [-0.39, 0.29) is 25.1 Å². The van der Waals surface area contributed by atoms with Gasteiger partial charge in [-0.2, -0.15) is 0 Å². The molecule has 0 fully saturated rings. The SMILES string of the molecule is C/C=C\c1c(C)cccc1C(C)NC/C=C/C#CC(C)(C)C(=O)NCCO.CC. The molecule has 4 heteroatoms. The number of carbonyl (C=O) groups is 1. The summed E-state index contributed by atoms with van der Waals surface area (Å²) in [4.78, 5) is 11.9. The molecule has 0 saturated carbocycles. The van der Waals surface area contributed by atoms with Crippen LogP contribution in [0.1, 0.15) is 64.3 Å². The number of nitrogens with one attached hydrogen (secondary N) is 2. The van der Waals surface area contributed by atoms with Crippen molar-refractivity contribution in [3.8, 4) is 11.8 Å². The standard InChI is InChI=1S/C23H32N2O2.C2H6/c1-6-11-20-18(2)12-10-13-21(20)19(3)24-15-9-7-8-14-23(4,5)22(27)25-16-17-26;1-2/h6-7,9-13,19,24,26H,15-17H2,1-5H3,(H,25,27);1-2H3/b9-7+,11-6-;. The molecule has 0 aliphatic carbocycles. The van der Waals surface area contributed by atoms with Crippen molar-refractivity contribution in [3.05, 3.63) is 53.1 Å². The maximum Gasteiger partial charge on any atom is 0.237 e. The first-order chi connectivity index (χ1) is 13.8. The summed E-state index contributed by atoms with van der Waals surface area (Å²) in [5.41, 5.74) is 3.01. The van der Waals surface area contributed by atoms with Crippen LogP contribution in [0.5, 0.6) is 0 Å². The van der Waals surface area contributed by atoms with Crippen LogP contribution in [0.4, 0.5) is 0 Å². The summed E-state index contributed by atoms with van der Waals surface area (Å²) < 4.78 is 0. The first kappa shape index (κ1) is 26.6. The zero-order valence-electron chi connectivity index (χ0n) is 19.1. The Morgan fingerprint density at radius 3 is 2.62 bits per heavy atom. The van der Waals surface area contributed by atoms with E-state index in [1.165, 1.54) is 16.7 Å². The molecule has 29 heavy (non-hydrogen) atoms. The number of amides is 1. The summed E-state index contributed by atoms with van der Waals surface area (Å²) in [5.74, 6) is 5.71. The van der Waals surface area contributed by atoms with Gasteiger partial charge in [0.05, 0.1) is 6.61 Å². The first-order valence-corrected chi connectivity index (χ1v) is 10.4. The normalized spacial score (nSPS) is 12.1. The molecule has 0 saturated heterocycles. The van der Waals surface area contributed by atoms with E-state index in [0.717, 1.165) is 0 Å². The van der Waals surface area contributed by atoms with Crippen molar-refractivity contribution in [2.75, 3.05) is 19.7 Å². The van der Waals surface area contributed by atoms with Gasteiger partial charge in [0.15, 0.2) is 0 Å². The van der Waals surface area contributed by atoms with Gasteiger partial charge < -0.3 is 15.7 Å². The van der Waals surface area contributed by atoms with Gasteiger partial charge in [-0.1, -0.05) is 62.1 Å². The summed E-state index contributed by atoms with van der Waals surface area (Å²) in [5, 5.41) is 14.9. The molecule has 160 valence electrons. The fraction of sp³-hybridized carbons (Fsp3) is 0.480. The fourth-order valence-corrected chi connectivity index (χ4v) is 2.62. The second-order valence-electron chi connectivity index (χ2n) is 6.98. The molecule has 4 nitrogen and oxygen atoms in total. The molecule has 3 N–H and O–H groups in total. The summed E-state index contributed by atoms with van der Waals surface area (Å²) in [6, 6.07) is 6.58. The third kappa shape index (κ3) is 9.60. The quantitative estimate of drug-likeness (QED) is 0.569. The molecule has 1 aromatic rings. The van der Waals surface area contributed by atoms with Crippen molar-refractivity contribution < 1.29 is 9.90 Å². The predicted octanol–water partition coefficient (Wildman–Crippen LogP) is 4.40. The highest BCUT2D eigenvalue weighted by molar-refractivity contribution is 5.85. The van der Waals surface area contributed by atoms with Gasteiger partial charge >= 0.3 is 0 Å². The number of hydrogen-bond acceptors (Lipinski definition) is 3. The number of aliphatic hydroxyl groups excluding tert-OH is 1. The van der Waals surface area contributed by atoms with E-state index >= 15 is 0 Å². The smallest absolute Gasteiger partial charge is 0.237 e. The Morgan fingerprint density at radius 2 is 2.00 bits per heavy atom. The van der Waals surface area contributed by atoms with E-state index in [1.54, 1.807) is 19.9 Å². The monoisotopic (exact) mass is 398 g/mol. The van der Waals surface area contributed by atoms with E-state index in [2.05, 4.69) is 66.7 Å². The third-order valence-corrected chi connectivity index (χ3v) is 4.25. The van der Waals surface area contributed by atoms with Gasteiger partial charge in [-0.3, -0.25) is 4.79 Å². The van der Waals surface area contributed by atoms with Crippen LogP contribution in [0.15, 0.2) is 36.4 Å². The lowest BCUT2D eigenvalue weighted by atomic mass is 9.93. The highest BCUT2D eigenvalue weighted by Gasteiger charge is 2.24. The van der Waals surface area contributed by atoms with Crippen LogP contribution in [0.2, 0.25) is 0 Å². The van der Waals surface area contributed by atoms with Crippen LogP contribution >= 0.6 is 0 Å². The van der Waals surface area contributed by atoms with Gasteiger partial charge in [-0.15, -0.1) is 0 Å². The molecular formula is C25H38N2O2. The minimum Gasteiger partial charge on any atom is -0.395 e. The Morgan fingerprint density at radius 1 is 1.31 bits per heavy atom. The van der Waals surface area contributed by atoms with E-state index < -0.39 is 5.41 Å². The largest absolute Gasteiger partial charge is 0.395 e. The van der Waals surface area contributed by atoms with Gasteiger partial charge in [0.1, 0.15) is 5.41 Å². The molecule has 1 amide bonds. The summed E-state index contributed by atoms with van der Waals surface area (Å²) in [6.07, 6.45) is 7.93. The summed E-state index contributed by atoms with van der Waals surface area (Å²) in [6.45, 7) is 14.7. The molecule has 0 heterocycles. The number of benzene rings is 1. The molecule has 1 unspecified atom stereocenters. The first-order valence-electron chi connectivity index (χ1n) is 10.4. The van der Waals surface area contributed by atoms with E-state index in [9.17, 15) is 4.79 Å². The highest BCUT2D eigenvalue weighted by Crippen LogP contribution is 2.22. The Labute approximate surface area is 177 Å². The molecule has 0 aromatic heterocycles. The maximum absolute atomic E-state index is 11.9.